The summed E-state index contributed by atoms with van der Waals surface area (Å²) in [5.74, 6) is 2.95. The van der Waals surface area contributed by atoms with Crippen LogP contribution in [-0.2, 0) is 26.2 Å². The lowest BCUT2D eigenvalue weighted by Crippen LogP contribution is -2.21. The minimum Gasteiger partial charge on any atom is -0.366 e. The molecule has 0 spiro atoms. The minimum absolute atomic E-state index is 0.00369. The van der Waals surface area contributed by atoms with E-state index >= 15 is 0 Å². The van der Waals surface area contributed by atoms with Gasteiger partial charge in [-0.1, -0.05) is 36.4 Å². The molecule has 0 atom stereocenters. The largest absolute Gasteiger partial charge is 0.366 e. The second-order valence-corrected chi connectivity index (χ2v) is 17.9. The molecule has 10 nitrogen and oxygen atoms in total. The Labute approximate surface area is 371 Å². The van der Waals surface area contributed by atoms with Gasteiger partial charge in [0.15, 0.2) is 0 Å². The Bertz CT molecular complexity index is 3480. The van der Waals surface area contributed by atoms with Gasteiger partial charge in [-0.2, -0.15) is 0 Å². The number of benzene rings is 6. The van der Waals surface area contributed by atoms with Gasteiger partial charge in [-0.25, -0.2) is 9.97 Å². The van der Waals surface area contributed by atoms with E-state index in [0.29, 0.717) is 17.0 Å². The molecule has 2 aliphatic carbocycles. The van der Waals surface area contributed by atoms with E-state index in [4.69, 9.17) is 15.7 Å². The van der Waals surface area contributed by atoms with Crippen molar-refractivity contribution in [1.29, 1.82) is 0 Å². The quantitative estimate of drug-likeness (QED) is 0.148. The molecule has 2 fully saturated rings. The van der Waals surface area contributed by atoms with Gasteiger partial charge < -0.3 is 28.9 Å². The number of para-hydroxylation sites is 2. The molecule has 0 saturated heterocycles. The number of nitrogens with zero attached hydrogens (tertiary/aromatic N) is 7. The van der Waals surface area contributed by atoms with Gasteiger partial charge in [0.25, 0.3) is 5.91 Å². The molecule has 0 aliphatic heterocycles. The summed E-state index contributed by atoms with van der Waals surface area (Å²) in [6.07, 6.45) is 5.09. The molecule has 2 saturated carbocycles. The van der Waals surface area contributed by atoms with Crippen LogP contribution in [0.15, 0.2) is 121 Å². The molecule has 2 aliphatic rings. The summed E-state index contributed by atoms with van der Waals surface area (Å²) in [5.41, 5.74) is 17.8. The third-order valence-electron chi connectivity index (χ3n) is 13.4. The first-order valence-electron chi connectivity index (χ1n) is 22.7. The van der Waals surface area contributed by atoms with E-state index in [1.54, 1.807) is 25.1 Å². The highest BCUT2D eigenvalue weighted by Crippen LogP contribution is 2.39. The molecule has 2 amide bonds. The van der Waals surface area contributed by atoms with E-state index < -0.39 is 5.91 Å². The van der Waals surface area contributed by atoms with Crippen molar-refractivity contribution >= 4 is 77.5 Å². The molecule has 12 rings (SSSR count). The summed E-state index contributed by atoms with van der Waals surface area (Å²) in [5, 5.41) is 5.05. The summed E-state index contributed by atoms with van der Waals surface area (Å²) < 4.78 is 9.41. The summed E-state index contributed by atoms with van der Waals surface area (Å²) in [4.78, 5) is 35.9. The van der Waals surface area contributed by atoms with Crippen molar-refractivity contribution in [2.75, 3.05) is 14.1 Å². The molecular weight excluding hydrogens is 793 g/mol. The fourth-order valence-electron chi connectivity index (χ4n) is 9.80. The lowest BCUT2D eigenvalue weighted by atomic mass is 10.1. The fourth-order valence-corrected chi connectivity index (χ4v) is 9.80. The summed E-state index contributed by atoms with van der Waals surface area (Å²) in [6, 6.07) is 42.1. The van der Waals surface area contributed by atoms with Gasteiger partial charge >= 0.3 is 0 Å². The van der Waals surface area contributed by atoms with Crippen molar-refractivity contribution in [2.24, 2.45) is 17.6 Å². The number of carbonyl (C=O) groups is 2. The highest BCUT2D eigenvalue weighted by atomic mass is 16.2. The maximum Gasteiger partial charge on any atom is 0.253 e. The molecule has 0 bridgehead atoms. The summed E-state index contributed by atoms with van der Waals surface area (Å²) in [6.45, 7) is 8.18. The van der Waals surface area contributed by atoms with Crippen LogP contribution < -0.4 is 5.73 Å². The Kier molecular flexibility index (Phi) is 9.63. The third-order valence-corrected chi connectivity index (χ3v) is 13.4. The smallest absolute Gasteiger partial charge is 0.253 e. The van der Waals surface area contributed by atoms with E-state index in [-0.39, 0.29) is 5.91 Å². The van der Waals surface area contributed by atoms with Crippen LogP contribution in [-0.4, -0.2) is 59.0 Å². The van der Waals surface area contributed by atoms with E-state index in [2.05, 4.69) is 123 Å². The number of aromatic nitrogens is 6. The van der Waals surface area contributed by atoms with Crippen molar-refractivity contribution in [3.63, 3.8) is 0 Å². The SMILES string of the molecule is CCn1c2ccccc2c2cc(-c3nc4cc(C(=O)N(C)C)ccc4n3CC3CC3)ccc21.CCn1c2ccccc2c2cc(-c3nc4cc(C(N)=O)ccc4n3CC3CC3)ccc21. The molecular formula is C54H52N8O2. The predicted molar refractivity (Wildman–Crippen MR) is 260 cm³/mol. The Hall–Kier alpha value is -7.20. The number of amides is 2. The number of rotatable bonds is 10. The van der Waals surface area contributed by atoms with Crippen LogP contribution in [0.5, 0.6) is 0 Å². The van der Waals surface area contributed by atoms with Crippen molar-refractivity contribution < 1.29 is 9.59 Å². The average Bonchev–Trinajstić information content (AvgIpc) is 4.20. The van der Waals surface area contributed by atoms with Crippen molar-refractivity contribution in [1.82, 2.24) is 33.1 Å². The maximum atomic E-state index is 12.5. The standard InChI is InChI=1S/C28H28N4O.C26H24N4O/c1-4-31-24-8-6-5-7-21(24)22-15-19(11-13-25(22)31)27-29-23-16-20(28(33)30(2)3)12-14-26(23)32(27)17-18-9-10-18;1-2-29-22-6-4-3-5-19(22)20-13-18(10-11-23(20)29)26-28-21-14-17(25(27)31)9-12-24(21)30(26)15-16-7-8-16/h5-8,11-16,18H,4,9-10,17H2,1-3H3;3-6,9-14,16H,2,7-8,15H2,1H3,(H2,27,31). The lowest BCUT2D eigenvalue weighted by molar-refractivity contribution is 0.0827. The molecule has 6 aromatic carbocycles. The van der Waals surface area contributed by atoms with Crippen molar-refractivity contribution in [3.05, 3.63) is 132 Å². The van der Waals surface area contributed by atoms with Crippen LogP contribution >= 0.6 is 0 Å². The number of carbonyl (C=O) groups excluding carboxylic acids is 2. The monoisotopic (exact) mass is 844 g/mol. The Morgan fingerprint density at radius 3 is 1.39 bits per heavy atom. The summed E-state index contributed by atoms with van der Waals surface area (Å²) in [7, 11) is 3.57. The van der Waals surface area contributed by atoms with Crippen molar-refractivity contribution in [3.8, 4) is 22.8 Å². The van der Waals surface area contributed by atoms with Gasteiger partial charge in [-0.3, -0.25) is 9.59 Å². The molecule has 10 heteroatoms. The van der Waals surface area contributed by atoms with Crippen LogP contribution in [0.3, 0.4) is 0 Å². The first kappa shape index (κ1) is 39.6. The summed E-state index contributed by atoms with van der Waals surface area (Å²) >= 11 is 0. The Morgan fingerprint density at radius 1 is 0.531 bits per heavy atom. The zero-order valence-corrected chi connectivity index (χ0v) is 36.9. The normalized spacial score (nSPS) is 14.0. The Balaban J connectivity index is 0.000000143. The number of hydrogen-bond acceptors (Lipinski definition) is 4. The van der Waals surface area contributed by atoms with E-state index in [1.807, 2.05) is 24.3 Å². The number of nitrogens with two attached hydrogens (primary N) is 1. The molecule has 64 heavy (non-hydrogen) atoms. The van der Waals surface area contributed by atoms with Crippen LogP contribution in [0.25, 0.3) is 88.5 Å². The first-order chi connectivity index (χ1) is 31.2. The molecule has 4 heterocycles. The number of aryl methyl sites for hydroxylation is 2. The zero-order valence-electron chi connectivity index (χ0n) is 36.9. The van der Waals surface area contributed by atoms with Gasteiger partial charge in [-0.05, 0) is 136 Å². The number of hydrogen-bond donors (Lipinski definition) is 1. The van der Waals surface area contributed by atoms with Gasteiger partial charge in [-0.15, -0.1) is 0 Å². The molecule has 4 aromatic heterocycles. The minimum atomic E-state index is -0.422. The molecule has 0 radical (unpaired) electrons. The van der Waals surface area contributed by atoms with Crippen LogP contribution in [0.2, 0.25) is 0 Å². The average molecular weight is 845 g/mol. The number of fused-ring (bicyclic) bond motifs is 8. The number of primary amides is 1. The second kappa shape index (κ2) is 15.6. The second-order valence-electron chi connectivity index (χ2n) is 17.9. The molecule has 320 valence electrons. The number of imidazole rings is 2. The van der Waals surface area contributed by atoms with Gasteiger partial charge in [0, 0.05) is 106 Å². The Morgan fingerprint density at radius 2 is 0.953 bits per heavy atom. The van der Waals surface area contributed by atoms with Gasteiger partial charge in [0.1, 0.15) is 11.6 Å². The highest BCUT2D eigenvalue weighted by molar-refractivity contribution is 6.10. The molecule has 2 N–H and O–H groups in total. The van der Waals surface area contributed by atoms with Crippen LogP contribution in [0.4, 0.5) is 0 Å². The maximum absolute atomic E-state index is 12.5. The van der Waals surface area contributed by atoms with Crippen LogP contribution in [0.1, 0.15) is 60.2 Å². The topological polar surface area (TPSA) is 109 Å². The molecule has 10 aromatic rings. The van der Waals surface area contributed by atoms with Gasteiger partial charge in [0.05, 0.1) is 22.1 Å². The van der Waals surface area contributed by atoms with Crippen molar-refractivity contribution in [2.45, 2.75) is 65.7 Å². The zero-order chi connectivity index (χ0) is 43.8. The third kappa shape index (κ3) is 6.79. The molecule has 0 unspecified atom stereocenters. The first-order valence-corrected chi connectivity index (χ1v) is 22.7. The lowest BCUT2D eigenvalue weighted by Gasteiger charge is -2.11. The highest BCUT2D eigenvalue weighted by Gasteiger charge is 2.27. The van der Waals surface area contributed by atoms with Crippen LogP contribution in [0, 0.1) is 11.8 Å². The van der Waals surface area contributed by atoms with E-state index in [0.717, 1.165) is 76.9 Å². The van der Waals surface area contributed by atoms with Gasteiger partial charge in [0.2, 0.25) is 5.91 Å². The fraction of sp³-hybridized carbons (Fsp3) is 0.259. The van der Waals surface area contributed by atoms with E-state index in [9.17, 15) is 9.59 Å². The van der Waals surface area contributed by atoms with E-state index in [1.165, 1.54) is 69.3 Å². The predicted octanol–water partition coefficient (Wildman–Crippen LogP) is 11.3.